The highest BCUT2D eigenvalue weighted by Crippen LogP contribution is 2.23. The van der Waals surface area contributed by atoms with Gasteiger partial charge in [-0.05, 0) is 25.0 Å². The van der Waals surface area contributed by atoms with E-state index in [1.165, 1.54) is 7.11 Å². The van der Waals surface area contributed by atoms with Gasteiger partial charge in [-0.15, -0.1) is 0 Å². The molecule has 0 bridgehead atoms. The summed E-state index contributed by atoms with van der Waals surface area (Å²) >= 11 is 0. The predicted molar refractivity (Wildman–Crippen MR) is 67.1 cm³/mol. The average Bonchev–Trinajstić information content (AvgIpc) is 2.91. The molecule has 100 valence electrons. The largest absolute Gasteiger partial charge is 0.465 e. The van der Waals surface area contributed by atoms with Crippen LogP contribution in [0.3, 0.4) is 0 Å². The number of hydrogen-bond donors (Lipinski definition) is 0. The molecule has 1 atom stereocenters. The molecule has 1 unspecified atom stereocenters. The third-order valence-corrected chi connectivity index (χ3v) is 3.31. The molecule has 1 aliphatic heterocycles. The van der Waals surface area contributed by atoms with E-state index in [1.807, 2.05) is 0 Å². The highest BCUT2D eigenvalue weighted by atomic mass is 16.5. The van der Waals surface area contributed by atoms with E-state index in [2.05, 4.69) is 10.1 Å². The van der Waals surface area contributed by atoms with Crippen LogP contribution >= 0.6 is 0 Å². The highest BCUT2D eigenvalue weighted by molar-refractivity contribution is 5.95. The van der Waals surface area contributed by atoms with E-state index in [9.17, 15) is 4.79 Å². The van der Waals surface area contributed by atoms with Crippen molar-refractivity contribution in [2.45, 2.75) is 18.8 Å². The van der Waals surface area contributed by atoms with Crippen LogP contribution in [0.25, 0.3) is 5.65 Å². The summed E-state index contributed by atoms with van der Waals surface area (Å²) in [4.78, 5) is 16.2. The van der Waals surface area contributed by atoms with Crippen molar-refractivity contribution in [2.24, 2.45) is 0 Å². The van der Waals surface area contributed by atoms with Crippen LogP contribution in [0.4, 0.5) is 0 Å². The summed E-state index contributed by atoms with van der Waals surface area (Å²) in [6, 6.07) is 3.45. The summed E-state index contributed by atoms with van der Waals surface area (Å²) in [5.74, 6) is 0.541. The number of hydrogen-bond acceptors (Lipinski definition) is 5. The summed E-state index contributed by atoms with van der Waals surface area (Å²) < 4.78 is 11.8. The Hall–Kier alpha value is -1.95. The lowest BCUT2D eigenvalue weighted by Gasteiger charge is -2.18. The molecule has 0 N–H and O–H groups in total. The number of aromatic nitrogens is 3. The average molecular weight is 261 g/mol. The molecule has 0 spiro atoms. The number of methoxy groups -OCH3 is 1. The van der Waals surface area contributed by atoms with Gasteiger partial charge in [0.25, 0.3) is 0 Å². The van der Waals surface area contributed by atoms with Crippen molar-refractivity contribution >= 4 is 11.6 Å². The van der Waals surface area contributed by atoms with E-state index >= 15 is 0 Å². The number of carbonyl (C=O) groups is 1. The van der Waals surface area contributed by atoms with Gasteiger partial charge in [0.1, 0.15) is 5.56 Å². The SMILES string of the molecule is COC(=O)c1cccn2nc(C3CCCOC3)nc12. The molecule has 6 heteroatoms. The Labute approximate surface area is 110 Å². The summed E-state index contributed by atoms with van der Waals surface area (Å²) in [6.45, 7) is 1.45. The van der Waals surface area contributed by atoms with E-state index in [0.29, 0.717) is 17.8 Å². The second-order valence-electron chi connectivity index (χ2n) is 4.57. The highest BCUT2D eigenvalue weighted by Gasteiger charge is 2.22. The first kappa shape index (κ1) is 12.1. The number of esters is 1. The minimum Gasteiger partial charge on any atom is -0.465 e. The number of carbonyl (C=O) groups excluding carboxylic acids is 1. The van der Waals surface area contributed by atoms with Crippen LogP contribution in [0.5, 0.6) is 0 Å². The number of rotatable bonds is 2. The van der Waals surface area contributed by atoms with Crippen LogP contribution in [0.2, 0.25) is 0 Å². The van der Waals surface area contributed by atoms with E-state index in [1.54, 1.807) is 22.8 Å². The molecule has 0 radical (unpaired) electrons. The van der Waals surface area contributed by atoms with Crippen molar-refractivity contribution in [3.05, 3.63) is 29.7 Å². The van der Waals surface area contributed by atoms with Gasteiger partial charge in [-0.2, -0.15) is 5.10 Å². The lowest BCUT2D eigenvalue weighted by molar-refractivity contribution is 0.0602. The number of pyridine rings is 1. The van der Waals surface area contributed by atoms with Crippen molar-refractivity contribution in [3.8, 4) is 0 Å². The molecule has 0 amide bonds. The third-order valence-electron chi connectivity index (χ3n) is 3.31. The summed E-state index contributed by atoms with van der Waals surface area (Å²) in [5.41, 5.74) is 0.968. The quantitative estimate of drug-likeness (QED) is 0.765. The lowest BCUT2D eigenvalue weighted by atomic mass is 10.0. The molecular weight excluding hydrogens is 246 g/mol. The molecule has 0 aliphatic carbocycles. The Morgan fingerprint density at radius 1 is 1.58 bits per heavy atom. The topological polar surface area (TPSA) is 65.7 Å². The van der Waals surface area contributed by atoms with Crippen LogP contribution in [0.1, 0.15) is 34.9 Å². The van der Waals surface area contributed by atoms with Crippen molar-refractivity contribution in [1.82, 2.24) is 14.6 Å². The maximum absolute atomic E-state index is 11.7. The number of fused-ring (bicyclic) bond motifs is 1. The van der Waals surface area contributed by atoms with Gasteiger partial charge >= 0.3 is 5.97 Å². The normalized spacial score (nSPS) is 19.5. The fraction of sp³-hybridized carbons (Fsp3) is 0.462. The van der Waals surface area contributed by atoms with Crippen molar-refractivity contribution in [3.63, 3.8) is 0 Å². The van der Waals surface area contributed by atoms with Gasteiger partial charge < -0.3 is 9.47 Å². The minimum absolute atomic E-state index is 0.208. The van der Waals surface area contributed by atoms with Crippen LogP contribution in [-0.4, -0.2) is 40.9 Å². The van der Waals surface area contributed by atoms with E-state index in [0.717, 1.165) is 25.3 Å². The van der Waals surface area contributed by atoms with Crippen LogP contribution < -0.4 is 0 Å². The molecule has 0 saturated carbocycles. The zero-order valence-electron chi connectivity index (χ0n) is 10.7. The first-order valence-electron chi connectivity index (χ1n) is 6.31. The van der Waals surface area contributed by atoms with Gasteiger partial charge in [-0.25, -0.2) is 14.3 Å². The molecule has 19 heavy (non-hydrogen) atoms. The first-order valence-corrected chi connectivity index (χ1v) is 6.31. The zero-order valence-corrected chi connectivity index (χ0v) is 10.7. The Morgan fingerprint density at radius 3 is 3.21 bits per heavy atom. The standard InChI is InChI=1S/C13H15N3O3/c1-18-13(17)10-5-2-6-16-12(10)14-11(15-16)9-4-3-7-19-8-9/h2,5-6,9H,3-4,7-8H2,1H3. The third kappa shape index (κ3) is 2.19. The Bertz CT molecular complexity index is 602. The van der Waals surface area contributed by atoms with Crippen molar-refractivity contribution in [2.75, 3.05) is 20.3 Å². The summed E-state index contributed by atoms with van der Waals surface area (Å²) in [5, 5.41) is 4.43. The van der Waals surface area contributed by atoms with E-state index in [4.69, 9.17) is 9.47 Å². The van der Waals surface area contributed by atoms with Gasteiger partial charge in [0.2, 0.25) is 0 Å². The van der Waals surface area contributed by atoms with Crippen molar-refractivity contribution < 1.29 is 14.3 Å². The minimum atomic E-state index is -0.399. The molecule has 1 fully saturated rings. The Kier molecular flexibility index (Phi) is 3.16. The van der Waals surface area contributed by atoms with Gasteiger partial charge in [-0.3, -0.25) is 0 Å². The Morgan fingerprint density at radius 2 is 2.47 bits per heavy atom. The second kappa shape index (κ2) is 4.97. The molecule has 1 saturated heterocycles. The second-order valence-corrected chi connectivity index (χ2v) is 4.57. The van der Waals surface area contributed by atoms with Crippen molar-refractivity contribution in [1.29, 1.82) is 0 Å². The predicted octanol–water partition coefficient (Wildman–Crippen LogP) is 1.41. The smallest absolute Gasteiger partial charge is 0.341 e. The van der Waals surface area contributed by atoms with Gasteiger partial charge in [0, 0.05) is 18.7 Å². The van der Waals surface area contributed by atoms with Crippen LogP contribution in [0.15, 0.2) is 18.3 Å². The van der Waals surface area contributed by atoms with E-state index in [-0.39, 0.29) is 5.92 Å². The van der Waals surface area contributed by atoms with Crippen LogP contribution in [0, 0.1) is 0 Å². The molecule has 2 aromatic rings. The summed E-state index contributed by atoms with van der Waals surface area (Å²) in [6.07, 6.45) is 3.82. The number of ether oxygens (including phenoxy) is 2. The van der Waals surface area contributed by atoms with Gasteiger partial charge in [-0.1, -0.05) is 0 Å². The fourth-order valence-electron chi connectivity index (χ4n) is 2.31. The molecule has 0 aromatic carbocycles. The van der Waals surface area contributed by atoms with E-state index < -0.39 is 5.97 Å². The molecule has 3 heterocycles. The maximum atomic E-state index is 11.7. The first-order chi connectivity index (χ1) is 9.29. The monoisotopic (exact) mass is 261 g/mol. The fourth-order valence-corrected chi connectivity index (χ4v) is 2.31. The van der Waals surface area contributed by atoms with Crippen LogP contribution in [-0.2, 0) is 9.47 Å². The zero-order chi connectivity index (χ0) is 13.2. The Balaban J connectivity index is 2.02. The lowest BCUT2D eigenvalue weighted by Crippen LogP contribution is -2.16. The molecule has 1 aliphatic rings. The number of nitrogens with zero attached hydrogens (tertiary/aromatic N) is 3. The molecule has 2 aromatic heterocycles. The molecular formula is C13H15N3O3. The molecule has 3 rings (SSSR count). The van der Waals surface area contributed by atoms with Gasteiger partial charge in [0.15, 0.2) is 11.5 Å². The van der Waals surface area contributed by atoms with Gasteiger partial charge in [0.05, 0.1) is 13.7 Å². The molecule has 6 nitrogen and oxygen atoms in total. The maximum Gasteiger partial charge on any atom is 0.341 e. The summed E-state index contributed by atoms with van der Waals surface area (Å²) in [7, 11) is 1.36.